The van der Waals surface area contributed by atoms with Crippen LogP contribution in [0.25, 0.3) is 0 Å². The summed E-state index contributed by atoms with van der Waals surface area (Å²) in [5.41, 5.74) is 6.90. The fourth-order valence-corrected chi connectivity index (χ4v) is 7.64. The average Bonchev–Trinajstić information content (AvgIpc) is 3.90. The number of carbonyl (C=O) groups is 3. The van der Waals surface area contributed by atoms with Gasteiger partial charge >= 0.3 is 5.97 Å². The van der Waals surface area contributed by atoms with Crippen LogP contribution in [0.15, 0.2) is 72.8 Å². The molecule has 250 valence electrons. The number of esters is 1. The normalized spacial score (nSPS) is 14.0. The van der Waals surface area contributed by atoms with Gasteiger partial charge in [-0.2, -0.15) is 0 Å². The lowest BCUT2D eigenvalue weighted by Crippen LogP contribution is -2.32. The maximum atomic E-state index is 13.8. The molecule has 1 heterocycles. The van der Waals surface area contributed by atoms with Gasteiger partial charge in [-0.15, -0.1) is 11.3 Å². The van der Waals surface area contributed by atoms with Gasteiger partial charge in [0.2, 0.25) is 0 Å². The number of methoxy groups -OCH3 is 1. The van der Waals surface area contributed by atoms with E-state index in [9.17, 15) is 14.4 Å². The quantitative estimate of drug-likeness (QED) is 0.127. The van der Waals surface area contributed by atoms with Gasteiger partial charge < -0.3 is 20.7 Å². The van der Waals surface area contributed by atoms with Gasteiger partial charge in [-0.3, -0.25) is 14.5 Å². The average molecular weight is 665 g/mol. The third-order valence-electron chi connectivity index (χ3n) is 9.20. The molecule has 0 aliphatic heterocycles. The molecule has 1 fully saturated rings. The van der Waals surface area contributed by atoms with Gasteiger partial charge in [0, 0.05) is 41.8 Å². The zero-order valence-electron chi connectivity index (χ0n) is 27.8. The number of anilines is 2. The van der Waals surface area contributed by atoms with Crippen molar-refractivity contribution in [2.75, 3.05) is 37.9 Å². The molecule has 4 aromatic rings. The Kier molecular flexibility index (Phi) is 11.0. The number of amides is 2. The lowest BCUT2D eigenvalue weighted by Gasteiger charge is -2.22. The summed E-state index contributed by atoms with van der Waals surface area (Å²) in [7, 11) is 3.35. The first-order chi connectivity index (χ1) is 23.4. The van der Waals surface area contributed by atoms with Crippen molar-refractivity contribution in [2.45, 2.75) is 64.0 Å². The minimum atomic E-state index is -0.339. The van der Waals surface area contributed by atoms with Crippen LogP contribution in [0.1, 0.15) is 83.9 Å². The van der Waals surface area contributed by atoms with Crippen LogP contribution in [0.5, 0.6) is 0 Å². The second-order valence-corrected chi connectivity index (χ2v) is 13.8. The number of likely N-dealkylation sites (N-methyl/N-ethyl adjacent to an activating group) is 1. The fourth-order valence-electron chi connectivity index (χ4n) is 6.36. The first kappa shape index (κ1) is 33.6. The smallest absolute Gasteiger partial charge is 0.337 e. The zero-order chi connectivity index (χ0) is 33.5. The van der Waals surface area contributed by atoms with Crippen LogP contribution in [0, 0.1) is 0 Å². The highest BCUT2D eigenvalue weighted by atomic mass is 32.1. The van der Waals surface area contributed by atoms with E-state index in [1.807, 2.05) is 61.6 Å². The van der Waals surface area contributed by atoms with E-state index in [0.717, 1.165) is 80.4 Å². The van der Waals surface area contributed by atoms with E-state index in [-0.39, 0.29) is 17.8 Å². The minimum absolute atomic E-state index is 0.193. The molecule has 3 aromatic carbocycles. The van der Waals surface area contributed by atoms with Crippen LogP contribution in [0.4, 0.5) is 10.7 Å². The number of nitrogens with zero attached hydrogens (tertiary/aromatic N) is 1. The van der Waals surface area contributed by atoms with E-state index >= 15 is 0 Å². The molecular weight excluding hydrogens is 621 g/mol. The van der Waals surface area contributed by atoms with Crippen LogP contribution in [0.3, 0.4) is 0 Å². The van der Waals surface area contributed by atoms with Gasteiger partial charge in [0.15, 0.2) is 0 Å². The summed E-state index contributed by atoms with van der Waals surface area (Å²) in [5.74, 6) is -0.725. The Bertz CT molecular complexity index is 1740. The summed E-state index contributed by atoms with van der Waals surface area (Å²) < 4.78 is 4.78. The van der Waals surface area contributed by atoms with Gasteiger partial charge in [0.1, 0.15) is 5.00 Å². The zero-order valence-corrected chi connectivity index (χ0v) is 28.6. The van der Waals surface area contributed by atoms with Gasteiger partial charge in [0.25, 0.3) is 11.8 Å². The molecule has 0 radical (unpaired) electrons. The topological polar surface area (TPSA) is 99.8 Å². The predicted octanol–water partition coefficient (Wildman–Crippen LogP) is 6.89. The Labute approximate surface area is 286 Å². The molecule has 2 aliphatic rings. The number of hydrogen-bond donors (Lipinski definition) is 3. The lowest BCUT2D eigenvalue weighted by atomic mass is 9.95. The van der Waals surface area contributed by atoms with Crippen molar-refractivity contribution in [1.29, 1.82) is 0 Å². The molecule has 0 unspecified atom stereocenters. The SMILES string of the molecule is CNCCN(Cc1cccc(C(=O)Nc2sc3c(c2C(=O)Nc2ccc(CCc4ccc(C(=O)OC)cc4)cc2)CCCC3)c1)C1CC1. The van der Waals surface area contributed by atoms with E-state index in [1.54, 1.807) is 12.1 Å². The molecule has 48 heavy (non-hydrogen) atoms. The number of hydrogen-bond acceptors (Lipinski definition) is 7. The van der Waals surface area contributed by atoms with Crippen molar-refractivity contribution >= 4 is 39.8 Å². The molecule has 1 saturated carbocycles. The Balaban J connectivity index is 1.11. The number of benzene rings is 3. The second-order valence-electron chi connectivity index (χ2n) is 12.7. The molecule has 0 bridgehead atoms. The Morgan fingerprint density at radius 1 is 0.833 bits per heavy atom. The van der Waals surface area contributed by atoms with Crippen molar-refractivity contribution in [2.24, 2.45) is 0 Å². The van der Waals surface area contributed by atoms with Crippen LogP contribution >= 0.6 is 11.3 Å². The number of aryl methyl sites for hydroxylation is 3. The summed E-state index contributed by atoms with van der Waals surface area (Å²) in [6, 6.07) is 23.9. The van der Waals surface area contributed by atoms with Crippen molar-refractivity contribution < 1.29 is 19.1 Å². The molecule has 8 nitrogen and oxygen atoms in total. The summed E-state index contributed by atoms with van der Waals surface area (Å²) in [4.78, 5) is 42.8. The van der Waals surface area contributed by atoms with E-state index < -0.39 is 0 Å². The Morgan fingerprint density at radius 2 is 1.54 bits per heavy atom. The monoisotopic (exact) mass is 664 g/mol. The lowest BCUT2D eigenvalue weighted by molar-refractivity contribution is 0.0600. The van der Waals surface area contributed by atoms with Gasteiger partial charge in [-0.05, 0) is 117 Å². The minimum Gasteiger partial charge on any atom is -0.465 e. The highest BCUT2D eigenvalue weighted by Crippen LogP contribution is 2.39. The third-order valence-corrected chi connectivity index (χ3v) is 10.4. The Morgan fingerprint density at radius 3 is 2.23 bits per heavy atom. The molecule has 2 amide bonds. The standard InChI is InChI=1S/C39H44N4O4S/c1-40-22-23-43(32-20-21-32)25-28-6-5-7-30(24-28)36(44)42-38-35(33-8-3-4-9-34(33)48-38)37(45)41-31-18-14-27(15-19-31)11-10-26-12-16-29(17-13-26)39(46)47-2/h5-7,12-19,24,32,40H,3-4,8-11,20-23,25H2,1-2H3,(H,41,45)(H,42,44). The van der Waals surface area contributed by atoms with E-state index in [0.29, 0.717) is 33.4 Å². The second kappa shape index (κ2) is 15.7. The summed E-state index contributed by atoms with van der Waals surface area (Å²) in [6.07, 6.45) is 8.01. The molecule has 0 atom stereocenters. The van der Waals surface area contributed by atoms with E-state index in [1.165, 1.54) is 36.2 Å². The predicted molar refractivity (Wildman–Crippen MR) is 192 cm³/mol. The molecule has 0 saturated heterocycles. The fraction of sp³-hybridized carbons (Fsp3) is 0.359. The van der Waals surface area contributed by atoms with E-state index in [2.05, 4.69) is 26.9 Å². The summed E-state index contributed by atoms with van der Waals surface area (Å²) >= 11 is 1.54. The molecule has 0 spiro atoms. The van der Waals surface area contributed by atoms with Crippen molar-refractivity contribution in [3.8, 4) is 0 Å². The molecular formula is C39H44N4O4S. The first-order valence-corrected chi connectivity index (χ1v) is 17.7. The molecule has 9 heteroatoms. The largest absolute Gasteiger partial charge is 0.465 e. The summed E-state index contributed by atoms with van der Waals surface area (Å²) in [5, 5.41) is 10.1. The number of rotatable bonds is 14. The van der Waals surface area contributed by atoms with E-state index in [4.69, 9.17) is 4.74 Å². The third kappa shape index (κ3) is 8.39. The van der Waals surface area contributed by atoms with Crippen molar-refractivity contribution in [3.63, 3.8) is 0 Å². The molecule has 6 rings (SSSR count). The molecule has 1 aromatic heterocycles. The number of nitrogens with one attached hydrogen (secondary N) is 3. The number of fused-ring (bicyclic) bond motifs is 1. The van der Waals surface area contributed by atoms with Crippen LogP contribution in [-0.2, 0) is 37.0 Å². The van der Waals surface area contributed by atoms with Crippen molar-refractivity contribution in [1.82, 2.24) is 10.2 Å². The van der Waals surface area contributed by atoms with Gasteiger partial charge in [-0.1, -0.05) is 36.4 Å². The highest BCUT2D eigenvalue weighted by Gasteiger charge is 2.29. The molecule has 2 aliphatic carbocycles. The maximum absolute atomic E-state index is 13.8. The van der Waals surface area contributed by atoms with Crippen molar-refractivity contribution in [3.05, 3.63) is 117 Å². The first-order valence-electron chi connectivity index (χ1n) is 16.9. The van der Waals surface area contributed by atoms with Crippen LogP contribution in [-0.4, -0.2) is 56.0 Å². The maximum Gasteiger partial charge on any atom is 0.337 e. The van der Waals surface area contributed by atoms with Gasteiger partial charge in [0.05, 0.1) is 18.2 Å². The number of thiophene rings is 1. The number of ether oxygens (including phenoxy) is 1. The van der Waals surface area contributed by atoms with Crippen LogP contribution < -0.4 is 16.0 Å². The highest BCUT2D eigenvalue weighted by molar-refractivity contribution is 7.17. The Hall–Kier alpha value is -4.31. The van der Waals surface area contributed by atoms with Gasteiger partial charge in [-0.25, -0.2) is 4.79 Å². The summed E-state index contributed by atoms with van der Waals surface area (Å²) in [6.45, 7) is 2.73. The number of carbonyl (C=O) groups excluding carboxylic acids is 3. The molecule has 3 N–H and O–H groups in total. The van der Waals surface area contributed by atoms with Crippen LogP contribution in [0.2, 0.25) is 0 Å².